The van der Waals surface area contributed by atoms with Crippen molar-refractivity contribution < 1.29 is 33.8 Å². The maximum Gasteiger partial charge on any atom is 0.274 e. The fourth-order valence-electron chi connectivity index (χ4n) is 9.56. The number of phenolic OH excluding ortho intramolecular Hbond substituents is 1. The van der Waals surface area contributed by atoms with Crippen LogP contribution in [0.15, 0.2) is 36.2 Å². The van der Waals surface area contributed by atoms with E-state index < -0.39 is 0 Å². The summed E-state index contributed by atoms with van der Waals surface area (Å²) in [6, 6.07) is 5.38. The number of ketones is 1. The third kappa shape index (κ3) is 3.65. The van der Waals surface area contributed by atoms with Crippen LogP contribution >= 0.6 is 0 Å². The number of anilines is 2. The number of benzene rings is 2. The molecule has 258 valence electrons. The third-order valence-corrected chi connectivity index (χ3v) is 11.8. The Morgan fingerprint density at radius 3 is 2.33 bits per heavy atom. The topological polar surface area (TPSA) is 164 Å². The van der Waals surface area contributed by atoms with Gasteiger partial charge in [0.15, 0.2) is 11.5 Å². The summed E-state index contributed by atoms with van der Waals surface area (Å²) in [5, 5.41) is 13.1. The molecular formula is C38H34N6O7. The van der Waals surface area contributed by atoms with Gasteiger partial charge in [-0.15, -0.1) is 0 Å². The SMILES string of the molecule is COc1cc2c(c3cc(C(=O)N4CCc5c4c(O)c(OC)c4[nH]c(C(=O)N6CC7CC78C6=CC(=O)c6[nH]cc(C)c68)cc54)[nH]c13)CCN2C(C)=O. The zero-order chi connectivity index (χ0) is 35.2. The number of methoxy groups -OCH3 is 2. The highest BCUT2D eigenvalue weighted by Crippen LogP contribution is 2.67. The van der Waals surface area contributed by atoms with Crippen LogP contribution in [0.2, 0.25) is 0 Å². The second kappa shape index (κ2) is 9.83. The number of nitrogens with zero attached hydrogens (tertiary/aromatic N) is 3. The van der Waals surface area contributed by atoms with Crippen LogP contribution in [0.4, 0.5) is 11.4 Å². The molecule has 0 radical (unpaired) electrons. The molecule has 51 heavy (non-hydrogen) atoms. The Labute approximate surface area is 290 Å². The van der Waals surface area contributed by atoms with Crippen LogP contribution in [-0.2, 0) is 23.1 Å². The number of fused-ring (bicyclic) bond motifs is 7. The summed E-state index contributed by atoms with van der Waals surface area (Å²) < 4.78 is 11.4. The van der Waals surface area contributed by atoms with Gasteiger partial charge in [0.25, 0.3) is 11.8 Å². The van der Waals surface area contributed by atoms with Crippen LogP contribution in [0.1, 0.15) is 67.1 Å². The van der Waals surface area contributed by atoms with Gasteiger partial charge in [-0.1, -0.05) is 0 Å². The second-order valence-electron chi connectivity index (χ2n) is 14.3. The normalized spacial score (nSPS) is 21.1. The Morgan fingerprint density at radius 2 is 1.61 bits per heavy atom. The van der Waals surface area contributed by atoms with Crippen molar-refractivity contribution in [1.82, 2.24) is 19.9 Å². The fraction of sp³-hybridized carbons (Fsp3) is 0.316. The van der Waals surface area contributed by atoms with E-state index in [-0.39, 0.29) is 46.3 Å². The summed E-state index contributed by atoms with van der Waals surface area (Å²) in [6.45, 7) is 4.88. The van der Waals surface area contributed by atoms with Crippen molar-refractivity contribution in [2.75, 3.05) is 43.7 Å². The van der Waals surface area contributed by atoms with Gasteiger partial charge in [-0.2, -0.15) is 0 Å². The first kappa shape index (κ1) is 29.9. The number of ether oxygens (including phenoxy) is 2. The van der Waals surface area contributed by atoms with Gasteiger partial charge in [0.2, 0.25) is 11.7 Å². The standard InChI is InChI=1S/C38H34N6O7/c1-16-14-39-32-26(46)12-28-38(29(16)32)13-18(38)15-44(28)37(49)24-10-22-20-6-8-43(33(20)34(47)35(51-4)31(22)41-24)36(48)23-9-21-19-5-7-42(17(2)45)25(19)11-27(50-3)30(21)40-23/h9-12,14,18,39-41,47H,5-8,13,15H2,1-4H3. The molecule has 5 aliphatic rings. The molecule has 3 amide bonds. The van der Waals surface area contributed by atoms with Crippen molar-refractivity contribution in [3.8, 4) is 17.2 Å². The maximum absolute atomic E-state index is 14.2. The Bertz CT molecular complexity index is 2520. The average molecular weight is 687 g/mol. The van der Waals surface area contributed by atoms with Crippen molar-refractivity contribution in [1.29, 1.82) is 0 Å². The summed E-state index contributed by atoms with van der Waals surface area (Å²) >= 11 is 0. The van der Waals surface area contributed by atoms with E-state index in [4.69, 9.17) is 9.47 Å². The van der Waals surface area contributed by atoms with Crippen molar-refractivity contribution in [2.24, 2.45) is 5.92 Å². The number of nitrogens with one attached hydrogen (secondary N) is 3. The third-order valence-electron chi connectivity index (χ3n) is 11.8. The molecule has 10 rings (SSSR count). The molecule has 2 unspecified atom stereocenters. The van der Waals surface area contributed by atoms with E-state index in [1.165, 1.54) is 18.9 Å². The van der Waals surface area contributed by atoms with Crippen LogP contribution in [0, 0.1) is 12.8 Å². The molecule has 0 bridgehead atoms. The Hall–Kier alpha value is -5.98. The zero-order valence-corrected chi connectivity index (χ0v) is 28.4. The molecule has 6 heterocycles. The van der Waals surface area contributed by atoms with E-state index in [2.05, 4.69) is 15.0 Å². The highest BCUT2D eigenvalue weighted by molar-refractivity contribution is 6.15. The summed E-state index contributed by atoms with van der Waals surface area (Å²) in [6.07, 6.45) is 5.46. The number of carbonyl (C=O) groups excluding carboxylic acids is 4. The number of amides is 3. The molecule has 2 aliphatic carbocycles. The van der Waals surface area contributed by atoms with E-state index in [1.807, 2.05) is 19.2 Å². The molecule has 2 aromatic carbocycles. The number of aromatic hydroxyl groups is 1. The van der Waals surface area contributed by atoms with E-state index in [0.29, 0.717) is 77.4 Å². The monoisotopic (exact) mass is 686 g/mol. The van der Waals surface area contributed by atoms with Gasteiger partial charge in [-0.05, 0) is 66.5 Å². The van der Waals surface area contributed by atoms with E-state index in [1.54, 1.807) is 35.1 Å². The molecule has 1 saturated carbocycles. The number of aromatic nitrogens is 3. The summed E-state index contributed by atoms with van der Waals surface area (Å²) in [5.41, 5.74) is 7.59. The predicted octanol–water partition coefficient (Wildman–Crippen LogP) is 4.61. The highest BCUT2D eigenvalue weighted by Gasteiger charge is 2.68. The van der Waals surface area contributed by atoms with Gasteiger partial charge in [0, 0.05) is 66.8 Å². The number of aryl methyl sites for hydroxylation is 1. The molecule has 2 atom stereocenters. The Morgan fingerprint density at radius 1 is 0.922 bits per heavy atom. The molecular weight excluding hydrogens is 652 g/mol. The van der Waals surface area contributed by atoms with E-state index in [9.17, 15) is 24.3 Å². The lowest BCUT2D eigenvalue weighted by atomic mass is 9.83. The van der Waals surface area contributed by atoms with Crippen molar-refractivity contribution in [2.45, 2.75) is 38.5 Å². The average Bonchev–Trinajstić information content (AvgIpc) is 3.83. The number of rotatable bonds is 4. The summed E-state index contributed by atoms with van der Waals surface area (Å²) in [5.74, 6) is -0.122. The van der Waals surface area contributed by atoms with Crippen LogP contribution in [0.5, 0.6) is 17.2 Å². The number of carbonyl (C=O) groups is 4. The van der Waals surface area contributed by atoms with Gasteiger partial charge in [0.1, 0.15) is 17.1 Å². The lowest BCUT2D eigenvalue weighted by Crippen LogP contribution is -2.34. The molecule has 2 fully saturated rings. The maximum atomic E-state index is 14.2. The number of allylic oxidation sites excluding steroid dienone is 2. The number of hydrogen-bond acceptors (Lipinski definition) is 7. The first-order valence-electron chi connectivity index (χ1n) is 17.1. The van der Waals surface area contributed by atoms with Crippen molar-refractivity contribution in [3.05, 3.63) is 75.5 Å². The molecule has 13 nitrogen and oxygen atoms in total. The van der Waals surface area contributed by atoms with E-state index >= 15 is 0 Å². The summed E-state index contributed by atoms with van der Waals surface area (Å²) in [4.78, 5) is 68.4. The van der Waals surface area contributed by atoms with Gasteiger partial charge in [-0.3, -0.25) is 19.2 Å². The first-order chi connectivity index (χ1) is 24.6. The number of aromatic amines is 3. The summed E-state index contributed by atoms with van der Waals surface area (Å²) in [7, 11) is 2.99. The minimum atomic E-state index is -0.347. The number of phenols is 1. The predicted molar refractivity (Wildman–Crippen MR) is 187 cm³/mol. The molecule has 1 saturated heterocycles. The molecule has 5 aromatic rings. The minimum Gasteiger partial charge on any atom is -0.503 e. The molecule has 3 aromatic heterocycles. The fourth-order valence-corrected chi connectivity index (χ4v) is 9.56. The highest BCUT2D eigenvalue weighted by atomic mass is 16.5. The lowest BCUT2D eigenvalue weighted by molar-refractivity contribution is -0.116. The van der Waals surface area contributed by atoms with Gasteiger partial charge >= 0.3 is 0 Å². The smallest absolute Gasteiger partial charge is 0.274 e. The van der Waals surface area contributed by atoms with Crippen LogP contribution in [0.25, 0.3) is 21.8 Å². The number of piperidine rings is 1. The van der Waals surface area contributed by atoms with Crippen molar-refractivity contribution >= 4 is 56.7 Å². The number of likely N-dealkylation sites (tertiary alicyclic amines) is 1. The molecule has 1 spiro atoms. The lowest BCUT2D eigenvalue weighted by Gasteiger charge is -2.28. The van der Waals surface area contributed by atoms with Gasteiger partial charge < -0.3 is 44.2 Å². The molecule has 4 N–H and O–H groups in total. The quantitative estimate of drug-likeness (QED) is 0.214. The number of H-pyrrole nitrogens is 3. The van der Waals surface area contributed by atoms with Crippen molar-refractivity contribution in [3.63, 3.8) is 0 Å². The Balaban J connectivity index is 1.02. The molecule has 13 heteroatoms. The minimum absolute atomic E-state index is 0.0616. The van der Waals surface area contributed by atoms with Crippen LogP contribution in [0.3, 0.4) is 0 Å². The second-order valence-corrected chi connectivity index (χ2v) is 14.3. The Kier molecular flexibility index (Phi) is 5.76. The van der Waals surface area contributed by atoms with Gasteiger partial charge in [-0.25, -0.2) is 0 Å². The largest absolute Gasteiger partial charge is 0.503 e. The van der Waals surface area contributed by atoms with Gasteiger partial charge in [0.05, 0.1) is 42.3 Å². The molecule has 3 aliphatic heterocycles. The van der Waals surface area contributed by atoms with Crippen LogP contribution in [-0.4, -0.2) is 82.3 Å². The zero-order valence-electron chi connectivity index (χ0n) is 28.4. The number of hydrogen-bond donors (Lipinski definition) is 4. The van der Waals surface area contributed by atoms with Crippen LogP contribution < -0.4 is 19.3 Å². The van der Waals surface area contributed by atoms with E-state index in [0.717, 1.165) is 45.4 Å². The first-order valence-corrected chi connectivity index (χ1v) is 17.1.